The molecule has 0 spiro atoms. The second-order valence-corrected chi connectivity index (χ2v) is 4.84. The van der Waals surface area contributed by atoms with Gasteiger partial charge in [-0.1, -0.05) is 50.3 Å². The summed E-state index contributed by atoms with van der Waals surface area (Å²) in [5, 5.41) is 9.95. The summed E-state index contributed by atoms with van der Waals surface area (Å²) in [5.74, 6) is 0.112. The fourth-order valence-electron chi connectivity index (χ4n) is 1.83. The molecule has 1 heterocycles. The molecule has 0 saturated carbocycles. The van der Waals surface area contributed by atoms with Gasteiger partial charge in [0.2, 0.25) is 0 Å². The van der Waals surface area contributed by atoms with Crippen LogP contribution >= 0.6 is 0 Å². The number of benzene rings is 1. The molecule has 5 nitrogen and oxygen atoms in total. The molecule has 2 aromatic rings. The second-order valence-electron chi connectivity index (χ2n) is 4.84. The number of aromatic amines is 1. The zero-order valence-electron chi connectivity index (χ0n) is 11.3. The van der Waals surface area contributed by atoms with Gasteiger partial charge in [0.05, 0.1) is 0 Å². The van der Waals surface area contributed by atoms with Gasteiger partial charge in [-0.3, -0.25) is 9.59 Å². The zero-order chi connectivity index (χ0) is 14.7. The maximum absolute atomic E-state index is 11.9. The normalized spacial score (nSPS) is 13.2. The van der Waals surface area contributed by atoms with Crippen molar-refractivity contribution in [1.82, 2.24) is 9.71 Å². The maximum atomic E-state index is 11.9. The molecule has 5 heteroatoms. The highest BCUT2D eigenvalue weighted by atomic mass is 16.5. The summed E-state index contributed by atoms with van der Waals surface area (Å²) >= 11 is 0. The van der Waals surface area contributed by atoms with Crippen LogP contribution < -0.4 is 21.8 Å². The average Bonchev–Trinajstić information content (AvgIpc) is 2.42. The Hall–Kier alpha value is -2.56. The molecule has 0 unspecified atom stereocenters. The molecule has 0 saturated heterocycles. The minimum atomic E-state index is -0.764. The lowest BCUT2D eigenvalue weighted by molar-refractivity contribution is 0.161. The molecule has 0 bridgehead atoms. The molecule has 1 aromatic carbocycles. The van der Waals surface area contributed by atoms with Gasteiger partial charge >= 0.3 is 11.1 Å². The molecule has 0 aliphatic carbocycles. The largest absolute Gasteiger partial charge is 0.422 e. The van der Waals surface area contributed by atoms with Gasteiger partial charge in [0, 0.05) is 0 Å². The molecule has 0 aliphatic rings. The van der Waals surface area contributed by atoms with Crippen molar-refractivity contribution in [3.05, 3.63) is 67.3 Å². The highest BCUT2D eigenvalue weighted by Crippen LogP contribution is 1.97. The van der Waals surface area contributed by atoms with Crippen molar-refractivity contribution in [2.24, 2.45) is 5.92 Å². The van der Waals surface area contributed by atoms with Gasteiger partial charge in [0.25, 0.3) is 0 Å². The van der Waals surface area contributed by atoms with Crippen LogP contribution in [0.25, 0.3) is 12.2 Å². The monoisotopic (exact) mass is 272 g/mol. The number of rotatable bonds is 2. The van der Waals surface area contributed by atoms with Gasteiger partial charge in [-0.15, -0.1) is 4.73 Å². The number of aromatic nitrogens is 2. The second kappa shape index (κ2) is 5.61. The molecular weight excluding hydrogens is 256 g/mol. The summed E-state index contributed by atoms with van der Waals surface area (Å²) in [5.41, 5.74) is -0.705. The van der Waals surface area contributed by atoms with Crippen LogP contribution in [-0.4, -0.2) is 14.9 Å². The van der Waals surface area contributed by atoms with Crippen molar-refractivity contribution >= 4 is 12.2 Å². The molecule has 2 N–H and O–H groups in total. The highest BCUT2D eigenvalue weighted by Gasteiger charge is 2.03. The molecular formula is C15H16N2O3. The number of hydrogen-bond acceptors (Lipinski definition) is 3. The lowest BCUT2D eigenvalue weighted by Gasteiger charge is -1.98. The lowest BCUT2D eigenvalue weighted by atomic mass is 10.2. The van der Waals surface area contributed by atoms with E-state index in [1.165, 1.54) is 0 Å². The Morgan fingerprint density at radius 2 is 1.70 bits per heavy atom. The van der Waals surface area contributed by atoms with Crippen molar-refractivity contribution < 1.29 is 5.21 Å². The minimum absolute atomic E-state index is 0.112. The standard InChI is InChI=1S/C15H16N2O3/c1-10(2)8-12-14(18)17(20)15(19)13(16-12)9-11-6-4-3-5-7-11/h3-10,16,20H,1-2H3/b12-8+,13-9-. The number of hydrogen-bond donors (Lipinski definition) is 2. The van der Waals surface area contributed by atoms with Crippen molar-refractivity contribution in [2.75, 3.05) is 0 Å². The SMILES string of the molecule is CC(C)/C=c1/[nH]/c(=C\c2ccccc2)c(=O)n(O)c1=O. The van der Waals surface area contributed by atoms with Gasteiger partial charge in [0.15, 0.2) is 0 Å². The third-order valence-corrected chi connectivity index (χ3v) is 2.73. The third kappa shape index (κ3) is 2.88. The Kier molecular flexibility index (Phi) is 3.89. The molecule has 104 valence electrons. The van der Waals surface area contributed by atoms with E-state index in [2.05, 4.69) is 4.98 Å². The van der Waals surface area contributed by atoms with E-state index in [4.69, 9.17) is 0 Å². The number of nitrogens with zero attached hydrogens (tertiary/aromatic N) is 1. The first kappa shape index (κ1) is 13.9. The average molecular weight is 272 g/mol. The molecule has 0 aliphatic heterocycles. The topological polar surface area (TPSA) is 75.1 Å². The quantitative estimate of drug-likeness (QED) is 0.758. The number of H-pyrrole nitrogens is 1. The minimum Gasteiger partial charge on any atom is -0.422 e. The van der Waals surface area contributed by atoms with Crippen LogP contribution in [0, 0.1) is 5.92 Å². The van der Waals surface area contributed by atoms with Crippen LogP contribution in [0.4, 0.5) is 0 Å². The molecule has 2 rings (SSSR count). The van der Waals surface area contributed by atoms with Crippen LogP contribution in [0.1, 0.15) is 19.4 Å². The Morgan fingerprint density at radius 1 is 1.10 bits per heavy atom. The highest BCUT2D eigenvalue weighted by molar-refractivity contribution is 5.47. The predicted molar refractivity (Wildman–Crippen MR) is 77.1 cm³/mol. The Balaban J connectivity index is 2.79. The van der Waals surface area contributed by atoms with Gasteiger partial charge in [-0.25, -0.2) is 0 Å². The molecule has 0 fully saturated rings. The summed E-state index contributed by atoms with van der Waals surface area (Å²) < 4.78 is 0.138. The van der Waals surface area contributed by atoms with Crippen molar-refractivity contribution in [3.63, 3.8) is 0 Å². The van der Waals surface area contributed by atoms with Crippen LogP contribution in [0.2, 0.25) is 0 Å². The summed E-state index contributed by atoms with van der Waals surface area (Å²) in [4.78, 5) is 26.4. The molecule has 0 atom stereocenters. The summed E-state index contributed by atoms with van der Waals surface area (Å²) in [6, 6.07) is 9.20. The third-order valence-electron chi connectivity index (χ3n) is 2.73. The van der Waals surface area contributed by atoms with Gasteiger partial charge in [-0.2, -0.15) is 0 Å². The maximum Gasteiger partial charge on any atom is 0.310 e. The number of nitrogens with one attached hydrogen (secondary N) is 1. The Bertz CT molecular complexity index is 830. The van der Waals surface area contributed by atoms with Crippen LogP contribution in [-0.2, 0) is 0 Å². The molecule has 0 radical (unpaired) electrons. The van der Waals surface area contributed by atoms with E-state index in [-0.39, 0.29) is 21.3 Å². The van der Waals surface area contributed by atoms with Gasteiger partial charge < -0.3 is 10.2 Å². The first-order valence-electron chi connectivity index (χ1n) is 6.32. The van der Waals surface area contributed by atoms with Crippen molar-refractivity contribution in [1.29, 1.82) is 0 Å². The van der Waals surface area contributed by atoms with Crippen LogP contribution in [0.3, 0.4) is 0 Å². The Morgan fingerprint density at radius 3 is 2.30 bits per heavy atom. The molecule has 20 heavy (non-hydrogen) atoms. The lowest BCUT2D eigenvalue weighted by Crippen LogP contribution is -2.52. The van der Waals surface area contributed by atoms with E-state index in [1.54, 1.807) is 12.2 Å². The van der Waals surface area contributed by atoms with Crippen LogP contribution in [0.15, 0.2) is 39.9 Å². The predicted octanol–water partition coefficient (Wildman–Crippen LogP) is 0.0392. The van der Waals surface area contributed by atoms with E-state index >= 15 is 0 Å². The summed E-state index contributed by atoms with van der Waals surface area (Å²) in [6.45, 7) is 3.81. The van der Waals surface area contributed by atoms with Crippen LogP contribution in [0.5, 0.6) is 0 Å². The van der Waals surface area contributed by atoms with E-state index in [0.717, 1.165) is 5.56 Å². The van der Waals surface area contributed by atoms with E-state index < -0.39 is 11.1 Å². The fraction of sp³-hybridized carbons (Fsp3) is 0.200. The molecule has 1 aromatic heterocycles. The molecule has 0 amide bonds. The van der Waals surface area contributed by atoms with E-state index in [9.17, 15) is 14.8 Å². The van der Waals surface area contributed by atoms with Crippen molar-refractivity contribution in [2.45, 2.75) is 13.8 Å². The fourth-order valence-corrected chi connectivity index (χ4v) is 1.83. The summed E-state index contributed by atoms with van der Waals surface area (Å²) in [7, 11) is 0. The summed E-state index contributed by atoms with van der Waals surface area (Å²) in [6.07, 6.45) is 3.25. The first-order chi connectivity index (χ1) is 9.49. The zero-order valence-corrected chi connectivity index (χ0v) is 11.3. The van der Waals surface area contributed by atoms with Crippen molar-refractivity contribution in [3.8, 4) is 0 Å². The van der Waals surface area contributed by atoms with Gasteiger partial charge in [-0.05, 0) is 17.6 Å². The van der Waals surface area contributed by atoms with E-state index in [1.807, 2.05) is 44.2 Å². The first-order valence-corrected chi connectivity index (χ1v) is 6.32. The Labute approximate surface area is 115 Å². The van der Waals surface area contributed by atoms with E-state index in [0.29, 0.717) is 0 Å². The smallest absolute Gasteiger partial charge is 0.310 e. The van der Waals surface area contributed by atoms with Gasteiger partial charge in [0.1, 0.15) is 10.7 Å².